The molecule has 0 aliphatic rings. The van der Waals surface area contributed by atoms with Gasteiger partial charge in [-0.25, -0.2) is 0 Å². The van der Waals surface area contributed by atoms with Crippen molar-refractivity contribution >= 4 is 63.1 Å². The molecule has 0 atom stereocenters. The average Bonchev–Trinajstić information content (AvgIpc) is 2.34. The van der Waals surface area contributed by atoms with E-state index in [4.69, 9.17) is 47.0 Å². The molecule has 1 aromatic carbocycles. The van der Waals surface area contributed by atoms with E-state index in [1.54, 1.807) is 0 Å². The van der Waals surface area contributed by atoms with E-state index in [0.29, 0.717) is 21.7 Å². The highest BCUT2D eigenvalue weighted by atomic mass is 35.5. The Bertz CT molecular complexity index is 402. The van der Waals surface area contributed by atoms with E-state index >= 15 is 0 Å². The molecular weight excluding hydrogens is 317 g/mol. The lowest BCUT2D eigenvalue weighted by molar-refractivity contribution is 0.940. The summed E-state index contributed by atoms with van der Waals surface area (Å²) in [5.74, 6) is 0.477. The number of thioether (sulfide) groups is 1. The van der Waals surface area contributed by atoms with Gasteiger partial charge in [-0.3, -0.25) is 0 Å². The molecule has 1 rings (SSSR count). The third-order valence-corrected chi connectivity index (χ3v) is 4.28. The molecule has 0 radical (unpaired) electrons. The molecule has 0 aliphatic carbocycles. The minimum Gasteiger partial charge on any atom is -0.367 e. The van der Waals surface area contributed by atoms with E-state index in [0.717, 1.165) is 0 Å². The highest BCUT2D eigenvalue weighted by molar-refractivity contribution is 8.23. The number of thiocarbonyl (C=S) groups is 1. The lowest BCUT2D eigenvalue weighted by Crippen LogP contribution is -2.17. The second-order valence-corrected chi connectivity index (χ2v) is 6.14. The Morgan fingerprint density at radius 2 is 1.82 bits per heavy atom. The first kappa shape index (κ1) is 15.1. The largest absolute Gasteiger partial charge is 0.367 e. The topological polar surface area (TPSA) is 12.0 Å². The van der Waals surface area contributed by atoms with Crippen LogP contribution in [0.4, 0.5) is 0 Å². The quantitative estimate of drug-likeness (QED) is 0.807. The normalized spacial score (nSPS) is 9.82. The Labute approximate surface area is 126 Å². The van der Waals surface area contributed by atoms with Crippen molar-refractivity contribution in [1.82, 2.24) is 5.32 Å². The second kappa shape index (κ2) is 8.22. The molecule has 17 heavy (non-hydrogen) atoms. The third kappa shape index (κ3) is 6.53. The van der Waals surface area contributed by atoms with E-state index in [1.165, 1.54) is 17.3 Å². The van der Waals surface area contributed by atoms with Gasteiger partial charge >= 0.3 is 0 Å². The Morgan fingerprint density at radius 3 is 2.41 bits per heavy atom. The molecule has 0 aromatic heterocycles. The van der Waals surface area contributed by atoms with E-state index < -0.39 is 0 Å². The highest BCUT2D eigenvalue weighted by Gasteiger charge is 2.03. The van der Waals surface area contributed by atoms with E-state index in [1.807, 2.05) is 30.3 Å². The number of hydrogen-bond donors (Lipinski definition) is 1. The van der Waals surface area contributed by atoms with Crippen molar-refractivity contribution in [3.63, 3.8) is 0 Å². The second-order valence-electron chi connectivity index (χ2n) is 3.08. The summed E-state index contributed by atoms with van der Waals surface area (Å²) in [7, 11) is 0. The van der Waals surface area contributed by atoms with Crippen LogP contribution in [0.2, 0.25) is 0 Å². The van der Waals surface area contributed by atoms with Crippen LogP contribution < -0.4 is 5.32 Å². The van der Waals surface area contributed by atoms with Crippen molar-refractivity contribution in [2.75, 3.05) is 5.75 Å². The molecule has 0 fully saturated rings. The molecule has 0 unspecified atom stereocenters. The fourth-order valence-corrected chi connectivity index (χ4v) is 2.29. The summed E-state index contributed by atoms with van der Waals surface area (Å²) in [6.07, 6.45) is 0. The van der Waals surface area contributed by atoms with Crippen LogP contribution in [0.5, 0.6) is 0 Å². The SMILES string of the molecule is S=C(NCc1ccccc1)SCC(Cl)=C(Cl)Cl. The van der Waals surface area contributed by atoms with Gasteiger partial charge in [0.05, 0.1) is 5.03 Å². The van der Waals surface area contributed by atoms with Crippen LogP contribution in [0, 0.1) is 0 Å². The number of halogens is 3. The van der Waals surface area contributed by atoms with Crippen LogP contribution in [-0.4, -0.2) is 10.1 Å². The van der Waals surface area contributed by atoms with Gasteiger partial charge in [0, 0.05) is 12.3 Å². The molecule has 1 nitrogen and oxygen atoms in total. The maximum Gasteiger partial charge on any atom is 0.134 e. The molecule has 0 saturated carbocycles. The van der Waals surface area contributed by atoms with Crippen molar-refractivity contribution < 1.29 is 0 Å². The van der Waals surface area contributed by atoms with Gasteiger partial charge in [0.15, 0.2) is 0 Å². The molecule has 1 N–H and O–H groups in total. The van der Waals surface area contributed by atoms with Crippen LogP contribution in [0.3, 0.4) is 0 Å². The van der Waals surface area contributed by atoms with Crippen LogP contribution in [0.25, 0.3) is 0 Å². The summed E-state index contributed by atoms with van der Waals surface area (Å²) >= 11 is 23.4. The van der Waals surface area contributed by atoms with Gasteiger partial charge in [-0.15, -0.1) is 0 Å². The van der Waals surface area contributed by atoms with Crippen molar-refractivity contribution in [2.45, 2.75) is 6.54 Å². The fourth-order valence-electron chi connectivity index (χ4n) is 1.00. The predicted octanol–water partition coefficient (Wildman–Crippen LogP) is 4.68. The van der Waals surface area contributed by atoms with E-state index in [-0.39, 0.29) is 4.49 Å². The molecule has 0 aliphatic heterocycles. The Hall–Kier alpha value is 0.0700. The minimum absolute atomic E-state index is 0.0880. The summed E-state index contributed by atoms with van der Waals surface area (Å²) in [5, 5.41) is 3.53. The third-order valence-electron chi connectivity index (χ3n) is 1.81. The zero-order valence-electron chi connectivity index (χ0n) is 8.75. The summed E-state index contributed by atoms with van der Waals surface area (Å²) in [6, 6.07) is 10.0. The molecule has 0 amide bonds. The van der Waals surface area contributed by atoms with Gasteiger partial charge in [0.25, 0.3) is 0 Å². The van der Waals surface area contributed by atoms with Crippen molar-refractivity contribution in [3.05, 3.63) is 45.4 Å². The van der Waals surface area contributed by atoms with Crippen LogP contribution in [0.15, 0.2) is 39.9 Å². The lowest BCUT2D eigenvalue weighted by atomic mass is 10.2. The number of rotatable bonds is 4. The standard InChI is InChI=1S/C11H10Cl3NS2/c12-9(10(13)14)7-17-11(16)15-6-8-4-2-1-3-5-8/h1-5H,6-7H2,(H,15,16). The first-order valence-corrected chi connectivity index (χ1v) is 7.26. The summed E-state index contributed by atoms with van der Waals surface area (Å²) in [4.78, 5) is 0. The maximum absolute atomic E-state index is 5.78. The maximum atomic E-state index is 5.78. The van der Waals surface area contributed by atoms with Gasteiger partial charge in [-0.05, 0) is 5.56 Å². The van der Waals surface area contributed by atoms with Gasteiger partial charge < -0.3 is 5.32 Å². The Balaban J connectivity index is 2.29. The summed E-state index contributed by atoms with van der Waals surface area (Å²) < 4.78 is 0.756. The molecule has 0 heterocycles. The molecule has 6 heteroatoms. The summed E-state index contributed by atoms with van der Waals surface area (Å²) in [5.41, 5.74) is 1.17. The van der Waals surface area contributed by atoms with Crippen LogP contribution in [0.1, 0.15) is 5.56 Å². The van der Waals surface area contributed by atoms with E-state index in [9.17, 15) is 0 Å². The average molecular weight is 327 g/mol. The predicted molar refractivity (Wildman–Crippen MR) is 82.9 cm³/mol. The molecule has 1 aromatic rings. The van der Waals surface area contributed by atoms with Gasteiger partial charge in [0.1, 0.15) is 8.81 Å². The van der Waals surface area contributed by atoms with Crippen molar-refractivity contribution in [3.8, 4) is 0 Å². The van der Waals surface area contributed by atoms with Crippen molar-refractivity contribution in [1.29, 1.82) is 0 Å². The zero-order chi connectivity index (χ0) is 12.7. The number of nitrogens with one attached hydrogen (secondary N) is 1. The van der Waals surface area contributed by atoms with Crippen molar-refractivity contribution in [2.24, 2.45) is 0 Å². The lowest BCUT2D eigenvalue weighted by Gasteiger charge is -2.07. The minimum atomic E-state index is 0.0880. The molecule has 0 saturated heterocycles. The van der Waals surface area contributed by atoms with Gasteiger partial charge in [0.2, 0.25) is 0 Å². The van der Waals surface area contributed by atoms with Gasteiger partial charge in [-0.2, -0.15) is 0 Å². The van der Waals surface area contributed by atoms with E-state index in [2.05, 4.69) is 5.32 Å². The first-order chi connectivity index (χ1) is 8.09. The number of benzene rings is 1. The molecule has 0 spiro atoms. The first-order valence-electron chi connectivity index (χ1n) is 4.74. The monoisotopic (exact) mass is 325 g/mol. The molecular formula is C11H10Cl3NS2. The number of hydrogen-bond acceptors (Lipinski definition) is 2. The van der Waals surface area contributed by atoms with Crippen LogP contribution >= 0.6 is 58.8 Å². The smallest absolute Gasteiger partial charge is 0.134 e. The summed E-state index contributed by atoms with van der Waals surface area (Å²) in [6.45, 7) is 0.697. The zero-order valence-corrected chi connectivity index (χ0v) is 12.7. The van der Waals surface area contributed by atoms with Crippen LogP contribution in [-0.2, 0) is 6.54 Å². The molecule has 92 valence electrons. The van der Waals surface area contributed by atoms with Gasteiger partial charge in [-0.1, -0.05) is 89.1 Å². The fraction of sp³-hybridized carbons (Fsp3) is 0.182. The highest BCUT2D eigenvalue weighted by Crippen LogP contribution is 2.22. The molecule has 0 bridgehead atoms. The Morgan fingerprint density at radius 1 is 1.18 bits per heavy atom. The Kier molecular flexibility index (Phi) is 7.32.